The summed E-state index contributed by atoms with van der Waals surface area (Å²) in [6.45, 7) is -0.101. The second kappa shape index (κ2) is 12.1. The quantitative estimate of drug-likeness (QED) is 0.317. The molecule has 5 rings (SSSR count). The molecule has 0 radical (unpaired) electrons. The summed E-state index contributed by atoms with van der Waals surface area (Å²) in [6, 6.07) is 17.4. The molecule has 0 spiro atoms. The molecular formula is C30H32FN5O4. The minimum atomic E-state index is -1.06. The van der Waals surface area contributed by atoms with Crippen LogP contribution in [0.4, 0.5) is 4.39 Å². The van der Waals surface area contributed by atoms with Crippen molar-refractivity contribution < 1.29 is 23.5 Å². The molecular weight excluding hydrogens is 513 g/mol. The van der Waals surface area contributed by atoms with E-state index in [-0.39, 0.29) is 36.8 Å². The van der Waals surface area contributed by atoms with Gasteiger partial charge in [-0.1, -0.05) is 42.3 Å². The average Bonchev–Trinajstić information content (AvgIpc) is 3.64. The Kier molecular flexibility index (Phi) is 8.23. The van der Waals surface area contributed by atoms with Crippen molar-refractivity contribution in [2.45, 2.75) is 50.9 Å². The predicted molar refractivity (Wildman–Crippen MR) is 147 cm³/mol. The van der Waals surface area contributed by atoms with Crippen molar-refractivity contribution in [1.29, 1.82) is 0 Å². The van der Waals surface area contributed by atoms with Gasteiger partial charge in [-0.15, -0.1) is 5.10 Å². The van der Waals surface area contributed by atoms with Crippen LogP contribution in [0.3, 0.4) is 0 Å². The number of aromatic nitrogens is 3. The number of rotatable bonds is 10. The topological polar surface area (TPSA) is 98.6 Å². The third-order valence-corrected chi connectivity index (χ3v) is 7.28. The first kappa shape index (κ1) is 27.1. The van der Waals surface area contributed by atoms with Gasteiger partial charge < -0.3 is 19.7 Å². The van der Waals surface area contributed by atoms with Gasteiger partial charge in [0.25, 0.3) is 0 Å². The van der Waals surface area contributed by atoms with E-state index >= 15 is 0 Å². The molecule has 1 saturated carbocycles. The minimum Gasteiger partial charge on any atom is -0.497 e. The lowest BCUT2D eigenvalue weighted by atomic mass is 10.0. The van der Waals surface area contributed by atoms with E-state index in [1.807, 2.05) is 24.3 Å². The van der Waals surface area contributed by atoms with Gasteiger partial charge in [-0.2, -0.15) is 0 Å². The molecule has 0 unspecified atom stereocenters. The fourth-order valence-corrected chi connectivity index (χ4v) is 5.22. The second-order valence-corrected chi connectivity index (χ2v) is 9.88. The molecule has 10 heteroatoms. The summed E-state index contributed by atoms with van der Waals surface area (Å²) in [7, 11) is 3.06. The standard InChI is InChI=1S/C30H32FN5O4/c1-39-23-15-16-27(40-2)24(17-23)29(30(38)32-22-7-3-4-8-22)35(18-20-11-13-21(31)14-12-20)28(37)19-36-26-10-6-5-9-25(26)33-34-36/h5-6,9-17,22,29H,3-4,7-8,18-19H2,1-2H3,(H,32,38)/t29-/m0/s1. The molecule has 0 bridgehead atoms. The van der Waals surface area contributed by atoms with Gasteiger partial charge in [0.15, 0.2) is 0 Å². The molecule has 0 saturated heterocycles. The molecule has 4 aromatic rings. The number of fused-ring (bicyclic) bond motifs is 1. The van der Waals surface area contributed by atoms with Crippen LogP contribution in [-0.2, 0) is 22.7 Å². The average molecular weight is 546 g/mol. The Balaban J connectivity index is 1.59. The molecule has 40 heavy (non-hydrogen) atoms. The van der Waals surface area contributed by atoms with Crippen LogP contribution < -0.4 is 14.8 Å². The Morgan fingerprint density at radius 2 is 1.80 bits per heavy atom. The van der Waals surface area contributed by atoms with Crippen molar-refractivity contribution in [2.75, 3.05) is 14.2 Å². The lowest BCUT2D eigenvalue weighted by molar-refractivity contribution is -0.142. The lowest BCUT2D eigenvalue weighted by Gasteiger charge is -2.33. The summed E-state index contributed by atoms with van der Waals surface area (Å²) in [5.41, 5.74) is 2.50. The molecule has 1 aliphatic rings. The molecule has 1 fully saturated rings. The second-order valence-electron chi connectivity index (χ2n) is 9.88. The van der Waals surface area contributed by atoms with Crippen LogP contribution in [0.15, 0.2) is 66.7 Å². The largest absolute Gasteiger partial charge is 0.497 e. The van der Waals surface area contributed by atoms with Crippen molar-refractivity contribution in [3.05, 3.63) is 83.7 Å². The number of benzene rings is 3. The van der Waals surface area contributed by atoms with Crippen LogP contribution in [0.5, 0.6) is 11.5 Å². The number of hydrogen-bond donors (Lipinski definition) is 1. The molecule has 1 aromatic heterocycles. The Labute approximate surface area is 231 Å². The van der Waals surface area contributed by atoms with E-state index in [2.05, 4.69) is 15.6 Å². The van der Waals surface area contributed by atoms with Gasteiger partial charge in [0, 0.05) is 18.2 Å². The zero-order valence-corrected chi connectivity index (χ0v) is 22.5. The molecule has 1 N–H and O–H groups in total. The van der Waals surface area contributed by atoms with Crippen molar-refractivity contribution in [3.63, 3.8) is 0 Å². The fourth-order valence-electron chi connectivity index (χ4n) is 5.22. The summed E-state index contributed by atoms with van der Waals surface area (Å²) < 4.78 is 26.4. The molecule has 9 nitrogen and oxygen atoms in total. The molecule has 1 aliphatic carbocycles. The van der Waals surface area contributed by atoms with Crippen LogP contribution in [0.2, 0.25) is 0 Å². The van der Waals surface area contributed by atoms with E-state index in [1.54, 1.807) is 30.3 Å². The third-order valence-electron chi connectivity index (χ3n) is 7.28. The first-order valence-corrected chi connectivity index (χ1v) is 13.3. The maximum absolute atomic E-state index is 14.1. The van der Waals surface area contributed by atoms with Crippen molar-refractivity contribution in [3.8, 4) is 11.5 Å². The summed E-state index contributed by atoms with van der Waals surface area (Å²) in [6.07, 6.45) is 3.83. The van der Waals surface area contributed by atoms with E-state index in [4.69, 9.17) is 9.47 Å². The van der Waals surface area contributed by atoms with Gasteiger partial charge >= 0.3 is 0 Å². The predicted octanol–water partition coefficient (Wildman–Crippen LogP) is 4.42. The van der Waals surface area contributed by atoms with E-state index < -0.39 is 6.04 Å². The van der Waals surface area contributed by atoms with Crippen LogP contribution in [-0.4, -0.2) is 52.0 Å². The van der Waals surface area contributed by atoms with Crippen molar-refractivity contribution in [2.24, 2.45) is 0 Å². The number of ether oxygens (including phenoxy) is 2. The normalized spacial score (nSPS) is 14.2. The monoisotopic (exact) mass is 545 g/mol. The highest BCUT2D eigenvalue weighted by molar-refractivity contribution is 5.90. The van der Waals surface area contributed by atoms with Crippen LogP contribution in [0.25, 0.3) is 11.0 Å². The summed E-state index contributed by atoms with van der Waals surface area (Å²) in [4.78, 5) is 29.7. The van der Waals surface area contributed by atoms with Gasteiger partial charge in [0.05, 0.1) is 19.7 Å². The fraction of sp³-hybridized carbons (Fsp3) is 0.333. The van der Waals surface area contributed by atoms with E-state index in [0.717, 1.165) is 25.7 Å². The third kappa shape index (κ3) is 5.90. The molecule has 2 amide bonds. The Bertz CT molecular complexity index is 1480. The van der Waals surface area contributed by atoms with Crippen molar-refractivity contribution in [1.82, 2.24) is 25.2 Å². The van der Waals surface area contributed by atoms with Crippen molar-refractivity contribution >= 4 is 22.8 Å². The molecule has 1 heterocycles. The number of carbonyl (C=O) groups excluding carboxylic acids is 2. The zero-order chi connectivity index (χ0) is 28.1. The summed E-state index contributed by atoms with van der Waals surface area (Å²) in [5.74, 6) is -0.115. The molecule has 1 atom stereocenters. The van der Waals surface area contributed by atoms with Crippen LogP contribution >= 0.6 is 0 Å². The Hall–Kier alpha value is -4.47. The molecule has 0 aliphatic heterocycles. The number of carbonyl (C=O) groups is 2. The van der Waals surface area contributed by atoms with Crippen LogP contribution in [0.1, 0.15) is 42.9 Å². The summed E-state index contributed by atoms with van der Waals surface area (Å²) in [5, 5.41) is 11.5. The SMILES string of the molecule is COc1ccc(OC)c([C@@H](C(=O)NC2CCCC2)N(Cc2ccc(F)cc2)C(=O)Cn2nnc3ccccc32)c1. The number of amides is 2. The number of halogens is 1. The first-order chi connectivity index (χ1) is 19.5. The highest BCUT2D eigenvalue weighted by atomic mass is 19.1. The number of para-hydroxylation sites is 1. The molecule has 3 aromatic carbocycles. The number of hydrogen-bond acceptors (Lipinski definition) is 6. The number of methoxy groups -OCH3 is 2. The first-order valence-electron chi connectivity index (χ1n) is 13.3. The van der Waals surface area contributed by atoms with Gasteiger partial charge in [0.2, 0.25) is 11.8 Å². The van der Waals surface area contributed by atoms with E-state index in [9.17, 15) is 14.0 Å². The number of nitrogens with zero attached hydrogens (tertiary/aromatic N) is 4. The van der Waals surface area contributed by atoms with E-state index in [1.165, 1.54) is 35.9 Å². The number of nitrogens with one attached hydrogen (secondary N) is 1. The van der Waals surface area contributed by atoms with E-state index in [0.29, 0.717) is 33.7 Å². The lowest BCUT2D eigenvalue weighted by Crippen LogP contribution is -2.46. The van der Waals surface area contributed by atoms with Gasteiger partial charge in [-0.3, -0.25) is 9.59 Å². The van der Waals surface area contributed by atoms with Crippen LogP contribution in [0, 0.1) is 5.82 Å². The van der Waals surface area contributed by atoms with Gasteiger partial charge in [-0.05, 0) is 60.9 Å². The Morgan fingerprint density at radius 3 is 2.52 bits per heavy atom. The minimum absolute atomic E-state index is 0.0219. The van der Waals surface area contributed by atoms with Gasteiger partial charge in [-0.25, -0.2) is 9.07 Å². The summed E-state index contributed by atoms with van der Waals surface area (Å²) >= 11 is 0. The Morgan fingerprint density at radius 1 is 1.05 bits per heavy atom. The maximum Gasteiger partial charge on any atom is 0.247 e. The molecule has 208 valence electrons. The smallest absolute Gasteiger partial charge is 0.247 e. The highest BCUT2D eigenvalue weighted by Crippen LogP contribution is 2.35. The zero-order valence-electron chi connectivity index (χ0n) is 22.5. The maximum atomic E-state index is 14.1. The van der Waals surface area contributed by atoms with Gasteiger partial charge in [0.1, 0.15) is 35.4 Å². The highest BCUT2D eigenvalue weighted by Gasteiger charge is 2.36.